The van der Waals surface area contributed by atoms with Crippen LogP contribution >= 0.6 is 0 Å². The molecule has 2 aromatic heterocycles. The SMILES string of the molecule is NC(=O)c1cnc(Nc2cnccn2)cc1NC1CCN(c2ccc(F)cc2)CC1. The number of nitrogens with zero attached hydrogens (tertiary/aromatic N) is 4. The molecule has 3 aromatic rings. The van der Waals surface area contributed by atoms with E-state index in [-0.39, 0.29) is 11.9 Å². The standard InChI is InChI=1S/C21H22FN7O/c22-14-1-3-16(4-2-14)29-9-5-15(6-10-29)27-18-11-19(26-12-17(18)21(23)30)28-20-13-24-7-8-25-20/h1-4,7-8,11-13,15H,5-6,9-10H2,(H2,23,30)(H2,25,26,27,28). The number of nitrogens with one attached hydrogen (secondary N) is 2. The predicted molar refractivity (Wildman–Crippen MR) is 113 cm³/mol. The maximum absolute atomic E-state index is 13.1. The molecule has 4 N–H and O–H groups in total. The minimum absolute atomic E-state index is 0.173. The summed E-state index contributed by atoms with van der Waals surface area (Å²) in [6, 6.07) is 8.46. The molecule has 1 aliphatic heterocycles. The molecular weight excluding hydrogens is 385 g/mol. The van der Waals surface area contributed by atoms with Crippen LogP contribution < -0.4 is 21.3 Å². The summed E-state index contributed by atoms with van der Waals surface area (Å²) in [5, 5.41) is 6.50. The fraction of sp³-hybridized carbons (Fsp3) is 0.238. The van der Waals surface area contributed by atoms with Crippen LogP contribution in [0.15, 0.2) is 55.1 Å². The van der Waals surface area contributed by atoms with E-state index in [1.807, 2.05) is 0 Å². The quantitative estimate of drug-likeness (QED) is 0.576. The molecule has 1 aliphatic rings. The Kier molecular flexibility index (Phi) is 5.69. The maximum atomic E-state index is 13.1. The van der Waals surface area contributed by atoms with Crippen LogP contribution in [0.5, 0.6) is 0 Å². The molecule has 0 unspecified atom stereocenters. The molecule has 0 aliphatic carbocycles. The van der Waals surface area contributed by atoms with Crippen LogP contribution in [0.3, 0.4) is 0 Å². The minimum atomic E-state index is -0.542. The van der Waals surface area contributed by atoms with Crippen molar-refractivity contribution in [1.82, 2.24) is 15.0 Å². The number of carbonyl (C=O) groups excluding carboxylic acids is 1. The molecule has 4 rings (SSSR count). The van der Waals surface area contributed by atoms with Gasteiger partial charge in [0.2, 0.25) is 0 Å². The van der Waals surface area contributed by atoms with Gasteiger partial charge < -0.3 is 21.3 Å². The smallest absolute Gasteiger partial charge is 0.252 e. The highest BCUT2D eigenvalue weighted by Gasteiger charge is 2.21. The number of hydrogen-bond donors (Lipinski definition) is 3. The first-order valence-corrected chi connectivity index (χ1v) is 9.68. The van der Waals surface area contributed by atoms with Gasteiger partial charge in [-0.05, 0) is 37.1 Å². The normalized spacial score (nSPS) is 14.4. The molecule has 0 bridgehead atoms. The Bertz CT molecular complexity index is 1010. The van der Waals surface area contributed by atoms with Gasteiger partial charge >= 0.3 is 0 Å². The Morgan fingerprint density at radius 1 is 1.07 bits per heavy atom. The van der Waals surface area contributed by atoms with Crippen LogP contribution in [-0.2, 0) is 0 Å². The lowest BCUT2D eigenvalue weighted by Gasteiger charge is -2.34. The lowest BCUT2D eigenvalue weighted by Crippen LogP contribution is -2.39. The van der Waals surface area contributed by atoms with Crippen molar-refractivity contribution < 1.29 is 9.18 Å². The molecule has 3 heterocycles. The molecule has 30 heavy (non-hydrogen) atoms. The van der Waals surface area contributed by atoms with E-state index >= 15 is 0 Å². The summed E-state index contributed by atoms with van der Waals surface area (Å²) in [4.78, 5) is 26.5. The van der Waals surface area contributed by atoms with Crippen LogP contribution in [0.1, 0.15) is 23.2 Å². The van der Waals surface area contributed by atoms with Gasteiger partial charge in [-0.1, -0.05) is 0 Å². The van der Waals surface area contributed by atoms with Crippen molar-refractivity contribution in [1.29, 1.82) is 0 Å². The summed E-state index contributed by atoms with van der Waals surface area (Å²) >= 11 is 0. The second-order valence-electron chi connectivity index (χ2n) is 7.08. The number of carbonyl (C=O) groups is 1. The van der Waals surface area contributed by atoms with Gasteiger partial charge in [0, 0.05) is 49.5 Å². The fourth-order valence-electron chi connectivity index (χ4n) is 3.49. The van der Waals surface area contributed by atoms with E-state index in [9.17, 15) is 9.18 Å². The number of nitrogens with two attached hydrogens (primary N) is 1. The lowest BCUT2D eigenvalue weighted by molar-refractivity contribution is 0.100. The largest absolute Gasteiger partial charge is 0.381 e. The first-order chi connectivity index (χ1) is 14.6. The molecule has 0 spiro atoms. The number of rotatable bonds is 6. The average Bonchev–Trinajstić information content (AvgIpc) is 2.76. The summed E-state index contributed by atoms with van der Waals surface area (Å²) in [5.74, 6) is 0.305. The lowest BCUT2D eigenvalue weighted by atomic mass is 10.0. The molecule has 0 radical (unpaired) electrons. The number of halogens is 1. The number of aromatic nitrogens is 3. The summed E-state index contributed by atoms with van der Waals surface area (Å²) < 4.78 is 13.1. The zero-order valence-electron chi connectivity index (χ0n) is 16.3. The first-order valence-electron chi connectivity index (χ1n) is 9.68. The Morgan fingerprint density at radius 3 is 2.50 bits per heavy atom. The second-order valence-corrected chi connectivity index (χ2v) is 7.08. The predicted octanol–water partition coefficient (Wildman–Crippen LogP) is 2.93. The van der Waals surface area contributed by atoms with Crippen molar-refractivity contribution in [2.24, 2.45) is 5.73 Å². The minimum Gasteiger partial charge on any atom is -0.381 e. The average molecular weight is 407 g/mol. The molecular formula is C21H22FN7O. The van der Waals surface area contributed by atoms with Crippen molar-refractivity contribution in [2.45, 2.75) is 18.9 Å². The summed E-state index contributed by atoms with van der Waals surface area (Å²) in [7, 11) is 0. The molecule has 8 nitrogen and oxygen atoms in total. The van der Waals surface area contributed by atoms with E-state index < -0.39 is 5.91 Å². The highest BCUT2D eigenvalue weighted by Crippen LogP contribution is 2.25. The fourth-order valence-corrected chi connectivity index (χ4v) is 3.49. The molecule has 1 saturated heterocycles. The van der Waals surface area contributed by atoms with Crippen molar-refractivity contribution in [3.05, 3.63) is 66.5 Å². The van der Waals surface area contributed by atoms with Crippen molar-refractivity contribution in [3.63, 3.8) is 0 Å². The van der Waals surface area contributed by atoms with Crippen molar-refractivity contribution >= 4 is 28.9 Å². The molecule has 1 amide bonds. The zero-order chi connectivity index (χ0) is 20.9. The van der Waals surface area contributed by atoms with Crippen LogP contribution in [-0.4, -0.2) is 40.0 Å². The maximum Gasteiger partial charge on any atom is 0.252 e. The van der Waals surface area contributed by atoms with E-state index in [1.165, 1.54) is 18.3 Å². The van der Waals surface area contributed by atoms with Gasteiger partial charge in [-0.3, -0.25) is 9.78 Å². The topological polar surface area (TPSA) is 109 Å². The number of pyridine rings is 1. The number of piperidine rings is 1. The van der Waals surface area contributed by atoms with Gasteiger partial charge in [0.1, 0.15) is 17.5 Å². The monoisotopic (exact) mass is 407 g/mol. The number of hydrogen-bond acceptors (Lipinski definition) is 7. The number of anilines is 4. The molecule has 154 valence electrons. The van der Waals surface area contributed by atoms with E-state index in [4.69, 9.17) is 5.73 Å². The Balaban J connectivity index is 1.44. The molecule has 9 heteroatoms. The highest BCUT2D eigenvalue weighted by atomic mass is 19.1. The Morgan fingerprint density at radius 2 is 1.83 bits per heavy atom. The Hall–Kier alpha value is -3.75. The van der Waals surface area contributed by atoms with Crippen LogP contribution in [0.2, 0.25) is 0 Å². The van der Waals surface area contributed by atoms with Gasteiger partial charge in [-0.15, -0.1) is 0 Å². The number of benzene rings is 1. The number of primary amides is 1. The Labute approximate surface area is 173 Å². The van der Waals surface area contributed by atoms with E-state index in [2.05, 4.69) is 30.5 Å². The second kappa shape index (κ2) is 8.73. The summed E-state index contributed by atoms with van der Waals surface area (Å²) in [6.45, 7) is 1.65. The van der Waals surface area contributed by atoms with Crippen molar-refractivity contribution in [2.75, 3.05) is 28.6 Å². The molecule has 0 saturated carbocycles. The van der Waals surface area contributed by atoms with Crippen LogP contribution in [0.4, 0.5) is 27.4 Å². The molecule has 1 aromatic carbocycles. The zero-order valence-corrected chi connectivity index (χ0v) is 16.3. The van der Waals surface area contributed by atoms with E-state index in [0.717, 1.165) is 31.6 Å². The van der Waals surface area contributed by atoms with Gasteiger partial charge in [0.25, 0.3) is 5.91 Å². The van der Waals surface area contributed by atoms with Crippen LogP contribution in [0.25, 0.3) is 0 Å². The van der Waals surface area contributed by atoms with Gasteiger partial charge in [-0.25, -0.2) is 14.4 Å². The number of amides is 1. The van der Waals surface area contributed by atoms with E-state index in [1.54, 1.807) is 36.8 Å². The third kappa shape index (κ3) is 4.62. The van der Waals surface area contributed by atoms with Crippen LogP contribution in [0, 0.1) is 5.82 Å². The van der Waals surface area contributed by atoms with Gasteiger partial charge in [-0.2, -0.15) is 0 Å². The van der Waals surface area contributed by atoms with Gasteiger partial charge in [0.05, 0.1) is 17.4 Å². The summed E-state index contributed by atoms with van der Waals surface area (Å²) in [5.41, 5.74) is 7.50. The third-order valence-electron chi connectivity index (χ3n) is 5.04. The third-order valence-corrected chi connectivity index (χ3v) is 5.04. The first kappa shape index (κ1) is 19.6. The molecule has 0 atom stereocenters. The van der Waals surface area contributed by atoms with E-state index in [0.29, 0.717) is 22.9 Å². The summed E-state index contributed by atoms with van der Waals surface area (Å²) in [6.07, 6.45) is 7.93. The van der Waals surface area contributed by atoms with Gasteiger partial charge in [0.15, 0.2) is 0 Å². The van der Waals surface area contributed by atoms with Crippen molar-refractivity contribution in [3.8, 4) is 0 Å². The highest BCUT2D eigenvalue weighted by molar-refractivity contribution is 5.98. The molecule has 1 fully saturated rings.